The van der Waals surface area contributed by atoms with Gasteiger partial charge in [-0.15, -0.1) is 12.4 Å². The van der Waals surface area contributed by atoms with Gasteiger partial charge in [0.25, 0.3) is 0 Å². The molecular weight excluding hydrogens is 279 g/mol. The Bertz CT molecular complexity index is 333. The van der Waals surface area contributed by atoms with Gasteiger partial charge in [0.15, 0.2) is 0 Å². The molecule has 1 aromatic rings. The van der Waals surface area contributed by atoms with Gasteiger partial charge in [0.05, 0.1) is 6.04 Å². The van der Waals surface area contributed by atoms with E-state index in [2.05, 4.69) is 21.2 Å². The fourth-order valence-electron chi connectivity index (χ4n) is 0.987. The molecule has 0 unspecified atom stereocenters. The third-order valence-corrected chi connectivity index (χ3v) is 2.36. The average Bonchev–Trinajstić information content (AvgIpc) is 2.16. The van der Waals surface area contributed by atoms with Gasteiger partial charge in [0.2, 0.25) is 5.91 Å². The van der Waals surface area contributed by atoms with Crippen molar-refractivity contribution in [1.29, 1.82) is 0 Å². The van der Waals surface area contributed by atoms with Crippen LogP contribution in [0.5, 0.6) is 0 Å². The second-order valence-corrected chi connectivity index (χ2v) is 3.93. The van der Waals surface area contributed by atoms with Crippen molar-refractivity contribution in [1.82, 2.24) is 0 Å². The predicted molar refractivity (Wildman–Crippen MR) is 68.3 cm³/mol. The van der Waals surface area contributed by atoms with Crippen LogP contribution >= 0.6 is 28.3 Å². The van der Waals surface area contributed by atoms with Crippen LogP contribution in [0, 0.1) is 0 Å². The summed E-state index contributed by atoms with van der Waals surface area (Å²) in [5, 5.41) is 2.74. The summed E-state index contributed by atoms with van der Waals surface area (Å²) in [7, 11) is 0. The first-order chi connectivity index (χ1) is 6.63. The number of hydrogen-bond donors (Lipinski definition) is 2. The summed E-state index contributed by atoms with van der Waals surface area (Å²) in [6.45, 7) is 1.88. The molecule has 0 fully saturated rings. The number of nitrogens with two attached hydrogens (primary N) is 1. The smallest absolute Gasteiger partial charge is 0.241 e. The number of nitrogens with one attached hydrogen (secondary N) is 1. The molecule has 1 amide bonds. The molecule has 3 N–H and O–H groups in total. The Morgan fingerprint density at radius 1 is 1.60 bits per heavy atom. The Hall–Kier alpha value is -0.580. The summed E-state index contributed by atoms with van der Waals surface area (Å²) in [5.41, 5.74) is 6.34. The van der Waals surface area contributed by atoms with Crippen LogP contribution in [0.25, 0.3) is 0 Å². The summed E-state index contributed by atoms with van der Waals surface area (Å²) in [5.74, 6) is -0.148. The van der Waals surface area contributed by atoms with E-state index >= 15 is 0 Å². The van der Waals surface area contributed by atoms with Gasteiger partial charge in [-0.25, -0.2) is 0 Å². The lowest BCUT2D eigenvalue weighted by Crippen LogP contribution is -2.34. The molecule has 1 atom stereocenters. The number of hydrogen-bond acceptors (Lipinski definition) is 2. The molecule has 0 aliphatic carbocycles. The first kappa shape index (κ1) is 14.4. The van der Waals surface area contributed by atoms with Crippen molar-refractivity contribution in [2.24, 2.45) is 5.73 Å². The van der Waals surface area contributed by atoms with E-state index in [0.29, 0.717) is 6.42 Å². The fraction of sp³-hybridized carbons (Fsp3) is 0.300. The van der Waals surface area contributed by atoms with Gasteiger partial charge in [0, 0.05) is 10.2 Å². The van der Waals surface area contributed by atoms with E-state index in [1.807, 2.05) is 31.2 Å². The molecule has 15 heavy (non-hydrogen) atoms. The number of carbonyl (C=O) groups excluding carboxylic acids is 1. The van der Waals surface area contributed by atoms with Crippen molar-refractivity contribution in [3.8, 4) is 0 Å². The zero-order chi connectivity index (χ0) is 10.6. The molecule has 0 aromatic heterocycles. The Labute approximate surface area is 104 Å². The molecule has 1 rings (SSSR count). The number of halogens is 2. The van der Waals surface area contributed by atoms with Crippen molar-refractivity contribution in [3.05, 3.63) is 28.7 Å². The maximum Gasteiger partial charge on any atom is 0.241 e. The molecule has 0 aliphatic heterocycles. The maximum absolute atomic E-state index is 11.4. The summed E-state index contributed by atoms with van der Waals surface area (Å²) in [6, 6.07) is 6.98. The van der Waals surface area contributed by atoms with E-state index in [0.717, 1.165) is 10.2 Å². The molecule has 0 saturated heterocycles. The zero-order valence-corrected chi connectivity index (χ0v) is 10.8. The van der Waals surface area contributed by atoms with Crippen LogP contribution in [0.4, 0.5) is 5.69 Å². The van der Waals surface area contributed by atoms with Gasteiger partial charge in [0.1, 0.15) is 0 Å². The minimum absolute atomic E-state index is 0. The largest absolute Gasteiger partial charge is 0.325 e. The zero-order valence-electron chi connectivity index (χ0n) is 8.37. The minimum atomic E-state index is -0.436. The summed E-state index contributed by atoms with van der Waals surface area (Å²) < 4.78 is 0.931. The van der Waals surface area contributed by atoms with Crippen molar-refractivity contribution in [2.75, 3.05) is 5.32 Å². The van der Waals surface area contributed by atoms with E-state index in [9.17, 15) is 4.79 Å². The van der Waals surface area contributed by atoms with Crippen molar-refractivity contribution in [3.63, 3.8) is 0 Å². The molecule has 3 nitrogen and oxygen atoms in total. The summed E-state index contributed by atoms with van der Waals surface area (Å²) in [4.78, 5) is 11.4. The molecule has 1 aromatic carbocycles. The van der Waals surface area contributed by atoms with Gasteiger partial charge in [-0.2, -0.15) is 0 Å². The van der Waals surface area contributed by atoms with Crippen LogP contribution in [0.1, 0.15) is 13.3 Å². The Morgan fingerprint density at radius 2 is 2.27 bits per heavy atom. The molecule has 0 heterocycles. The van der Waals surface area contributed by atoms with Crippen LogP contribution in [0.3, 0.4) is 0 Å². The lowest BCUT2D eigenvalue weighted by Gasteiger charge is -2.09. The first-order valence-electron chi connectivity index (χ1n) is 4.45. The lowest BCUT2D eigenvalue weighted by molar-refractivity contribution is -0.117. The van der Waals surface area contributed by atoms with Gasteiger partial charge in [-0.1, -0.05) is 28.9 Å². The van der Waals surface area contributed by atoms with E-state index in [1.165, 1.54) is 0 Å². The lowest BCUT2D eigenvalue weighted by atomic mass is 10.2. The van der Waals surface area contributed by atoms with Crippen LogP contribution in [0.15, 0.2) is 28.7 Å². The van der Waals surface area contributed by atoms with Gasteiger partial charge >= 0.3 is 0 Å². The highest BCUT2D eigenvalue weighted by Gasteiger charge is 2.10. The number of benzene rings is 1. The van der Waals surface area contributed by atoms with Crippen LogP contribution < -0.4 is 11.1 Å². The Kier molecular flexibility index (Phi) is 6.56. The molecule has 0 spiro atoms. The molecule has 0 radical (unpaired) electrons. The highest BCUT2D eigenvalue weighted by molar-refractivity contribution is 9.10. The maximum atomic E-state index is 11.4. The minimum Gasteiger partial charge on any atom is -0.325 e. The second-order valence-electron chi connectivity index (χ2n) is 3.01. The third-order valence-electron chi connectivity index (χ3n) is 1.87. The topological polar surface area (TPSA) is 55.1 Å². The average molecular weight is 294 g/mol. The van der Waals surface area contributed by atoms with Crippen molar-refractivity contribution < 1.29 is 4.79 Å². The number of amides is 1. The second kappa shape index (κ2) is 6.82. The van der Waals surface area contributed by atoms with Crippen molar-refractivity contribution >= 4 is 39.9 Å². The standard InChI is InChI=1S/C10H13BrN2O.ClH/c1-2-9(12)10(14)13-8-5-3-4-7(11)6-8;/h3-6,9H,2,12H2,1H3,(H,13,14);1H/t9-;/m0./s1. The number of carbonyl (C=O) groups is 1. The van der Waals surface area contributed by atoms with Gasteiger partial charge in [-0.3, -0.25) is 4.79 Å². The van der Waals surface area contributed by atoms with Crippen LogP contribution in [-0.2, 0) is 4.79 Å². The molecule has 0 aliphatic rings. The van der Waals surface area contributed by atoms with Gasteiger partial charge in [-0.05, 0) is 24.6 Å². The van der Waals surface area contributed by atoms with E-state index in [1.54, 1.807) is 0 Å². The highest BCUT2D eigenvalue weighted by atomic mass is 79.9. The van der Waals surface area contributed by atoms with Gasteiger partial charge < -0.3 is 11.1 Å². The summed E-state index contributed by atoms with van der Waals surface area (Å²) in [6.07, 6.45) is 0.639. The molecule has 0 bridgehead atoms. The number of anilines is 1. The van der Waals surface area contributed by atoms with Crippen LogP contribution in [-0.4, -0.2) is 11.9 Å². The third kappa shape index (κ3) is 4.64. The van der Waals surface area contributed by atoms with E-state index in [-0.39, 0.29) is 18.3 Å². The van der Waals surface area contributed by atoms with E-state index in [4.69, 9.17) is 5.73 Å². The van der Waals surface area contributed by atoms with Crippen molar-refractivity contribution in [2.45, 2.75) is 19.4 Å². The highest BCUT2D eigenvalue weighted by Crippen LogP contribution is 2.15. The molecule has 84 valence electrons. The normalized spacial score (nSPS) is 11.4. The van der Waals surface area contributed by atoms with E-state index < -0.39 is 6.04 Å². The molecular formula is C10H14BrClN2O. The Balaban J connectivity index is 0.00000196. The number of rotatable bonds is 3. The SMILES string of the molecule is CC[C@H](N)C(=O)Nc1cccc(Br)c1.Cl. The first-order valence-corrected chi connectivity index (χ1v) is 5.24. The monoisotopic (exact) mass is 292 g/mol. The predicted octanol–water partition coefficient (Wildman–Crippen LogP) is 2.55. The quantitative estimate of drug-likeness (QED) is 0.900. The molecule has 0 saturated carbocycles. The molecule has 5 heteroatoms. The Morgan fingerprint density at radius 3 is 2.80 bits per heavy atom. The fourth-order valence-corrected chi connectivity index (χ4v) is 1.39. The van der Waals surface area contributed by atoms with Crippen LogP contribution in [0.2, 0.25) is 0 Å². The summed E-state index contributed by atoms with van der Waals surface area (Å²) >= 11 is 3.32.